The Labute approximate surface area is 114 Å². The molecule has 0 saturated carbocycles. The van der Waals surface area contributed by atoms with Crippen molar-refractivity contribution in [1.82, 2.24) is 9.88 Å². The highest BCUT2D eigenvalue weighted by Gasteiger charge is 2.22. The van der Waals surface area contributed by atoms with E-state index in [2.05, 4.69) is 34.4 Å². The quantitative estimate of drug-likeness (QED) is 0.906. The van der Waals surface area contributed by atoms with Crippen LogP contribution in [0.1, 0.15) is 24.4 Å². The monoisotopic (exact) mass is 253 g/mol. The molecule has 3 nitrogen and oxygen atoms in total. The Morgan fingerprint density at radius 1 is 1.16 bits per heavy atom. The highest BCUT2D eigenvalue weighted by atomic mass is 15.1. The molecule has 1 atom stereocenters. The Hall–Kier alpha value is -1.87. The Balaban J connectivity index is 1.72. The first kappa shape index (κ1) is 12.2. The van der Waals surface area contributed by atoms with Gasteiger partial charge in [-0.3, -0.25) is 4.90 Å². The summed E-state index contributed by atoms with van der Waals surface area (Å²) in [6.45, 7) is 1.19. The topological polar surface area (TPSA) is 28.2 Å². The van der Waals surface area contributed by atoms with Crippen LogP contribution >= 0.6 is 0 Å². The zero-order valence-electron chi connectivity index (χ0n) is 11.2. The second-order valence-electron chi connectivity index (χ2n) is 5.11. The maximum absolute atomic E-state index is 4.52. The second-order valence-corrected chi connectivity index (χ2v) is 5.11. The standard InChI is InChI=1S/C16H19N3/c1-19-11-5-8-15(19)13-9-10-16(17-12-13)18-14-6-3-2-4-7-14/h2-4,6-7,9-10,12,15H,5,8,11H2,1H3,(H,17,18). The SMILES string of the molecule is CN1CCCC1c1ccc(Nc2ccccc2)nc1. The van der Waals surface area contributed by atoms with Gasteiger partial charge in [0, 0.05) is 17.9 Å². The van der Waals surface area contributed by atoms with Crippen molar-refractivity contribution in [3.8, 4) is 0 Å². The number of benzene rings is 1. The molecule has 98 valence electrons. The summed E-state index contributed by atoms with van der Waals surface area (Å²) in [6.07, 6.45) is 4.52. The van der Waals surface area contributed by atoms with E-state index in [9.17, 15) is 0 Å². The lowest BCUT2D eigenvalue weighted by Crippen LogP contribution is -2.17. The molecule has 2 aromatic rings. The van der Waals surface area contributed by atoms with Crippen LogP contribution in [0.2, 0.25) is 0 Å². The van der Waals surface area contributed by atoms with E-state index in [1.807, 2.05) is 36.5 Å². The molecule has 1 saturated heterocycles. The van der Waals surface area contributed by atoms with Gasteiger partial charge in [-0.15, -0.1) is 0 Å². The van der Waals surface area contributed by atoms with E-state index in [4.69, 9.17) is 0 Å². The zero-order valence-corrected chi connectivity index (χ0v) is 11.2. The largest absolute Gasteiger partial charge is 0.340 e. The molecule has 0 spiro atoms. The molecule has 0 bridgehead atoms. The maximum atomic E-state index is 4.52. The molecule has 2 heterocycles. The third-order valence-electron chi connectivity index (χ3n) is 3.74. The Morgan fingerprint density at radius 2 is 2.00 bits per heavy atom. The molecule has 0 amide bonds. The number of likely N-dealkylation sites (tertiary alicyclic amines) is 1. The molecule has 1 aliphatic rings. The lowest BCUT2D eigenvalue weighted by atomic mass is 10.1. The van der Waals surface area contributed by atoms with E-state index < -0.39 is 0 Å². The van der Waals surface area contributed by atoms with Gasteiger partial charge in [0.25, 0.3) is 0 Å². The van der Waals surface area contributed by atoms with Crippen LogP contribution < -0.4 is 5.32 Å². The molecule has 1 unspecified atom stereocenters. The third-order valence-corrected chi connectivity index (χ3v) is 3.74. The summed E-state index contributed by atoms with van der Waals surface area (Å²) in [5.74, 6) is 0.899. The lowest BCUT2D eigenvalue weighted by Gasteiger charge is -2.19. The number of para-hydroxylation sites is 1. The molecule has 1 N–H and O–H groups in total. The molecule has 0 aliphatic carbocycles. The van der Waals surface area contributed by atoms with Gasteiger partial charge in [-0.25, -0.2) is 4.98 Å². The summed E-state index contributed by atoms with van der Waals surface area (Å²) < 4.78 is 0. The van der Waals surface area contributed by atoms with Crippen LogP contribution in [0.5, 0.6) is 0 Å². The van der Waals surface area contributed by atoms with Crippen LogP contribution in [0.15, 0.2) is 48.7 Å². The number of anilines is 2. The molecule has 1 aliphatic heterocycles. The molecule has 19 heavy (non-hydrogen) atoms. The van der Waals surface area contributed by atoms with Gasteiger partial charge in [0.15, 0.2) is 0 Å². The van der Waals surface area contributed by atoms with E-state index in [-0.39, 0.29) is 0 Å². The van der Waals surface area contributed by atoms with Crippen molar-refractivity contribution in [3.05, 3.63) is 54.2 Å². The highest BCUT2D eigenvalue weighted by molar-refractivity contribution is 5.55. The lowest BCUT2D eigenvalue weighted by molar-refractivity contribution is 0.317. The fourth-order valence-electron chi connectivity index (χ4n) is 2.68. The molecular formula is C16H19N3. The fraction of sp³-hybridized carbons (Fsp3) is 0.312. The number of rotatable bonds is 3. The van der Waals surface area contributed by atoms with Crippen molar-refractivity contribution in [2.75, 3.05) is 18.9 Å². The number of pyridine rings is 1. The van der Waals surface area contributed by atoms with Crippen molar-refractivity contribution >= 4 is 11.5 Å². The predicted octanol–water partition coefficient (Wildman–Crippen LogP) is 3.59. The minimum absolute atomic E-state index is 0.540. The average molecular weight is 253 g/mol. The fourth-order valence-corrected chi connectivity index (χ4v) is 2.68. The van der Waals surface area contributed by atoms with Crippen molar-refractivity contribution in [2.24, 2.45) is 0 Å². The van der Waals surface area contributed by atoms with Gasteiger partial charge in [-0.05, 0) is 50.2 Å². The number of aromatic nitrogens is 1. The smallest absolute Gasteiger partial charge is 0.130 e. The first-order chi connectivity index (χ1) is 9.33. The summed E-state index contributed by atoms with van der Waals surface area (Å²) in [5, 5.41) is 3.31. The van der Waals surface area contributed by atoms with Crippen LogP contribution in [-0.2, 0) is 0 Å². The van der Waals surface area contributed by atoms with E-state index in [0.29, 0.717) is 6.04 Å². The maximum Gasteiger partial charge on any atom is 0.130 e. The van der Waals surface area contributed by atoms with Crippen molar-refractivity contribution in [1.29, 1.82) is 0 Å². The summed E-state index contributed by atoms with van der Waals surface area (Å²) in [4.78, 5) is 6.92. The third kappa shape index (κ3) is 2.76. The molecule has 0 radical (unpaired) electrons. The number of nitrogens with one attached hydrogen (secondary N) is 1. The highest BCUT2D eigenvalue weighted by Crippen LogP contribution is 2.30. The molecule has 1 fully saturated rings. The first-order valence-corrected chi connectivity index (χ1v) is 6.81. The Morgan fingerprint density at radius 3 is 2.63 bits per heavy atom. The normalized spacial score (nSPS) is 19.5. The first-order valence-electron chi connectivity index (χ1n) is 6.81. The van der Waals surface area contributed by atoms with Gasteiger partial charge in [-0.1, -0.05) is 24.3 Å². The number of hydrogen-bond acceptors (Lipinski definition) is 3. The van der Waals surface area contributed by atoms with E-state index in [1.54, 1.807) is 0 Å². The minimum Gasteiger partial charge on any atom is -0.340 e. The summed E-state index contributed by atoms with van der Waals surface area (Å²) >= 11 is 0. The van der Waals surface area contributed by atoms with E-state index >= 15 is 0 Å². The van der Waals surface area contributed by atoms with Crippen LogP contribution in [-0.4, -0.2) is 23.5 Å². The van der Waals surface area contributed by atoms with Crippen LogP contribution in [0.4, 0.5) is 11.5 Å². The van der Waals surface area contributed by atoms with Crippen LogP contribution in [0.3, 0.4) is 0 Å². The van der Waals surface area contributed by atoms with Gasteiger partial charge in [0.05, 0.1) is 0 Å². The molecule has 1 aromatic heterocycles. The summed E-state index contributed by atoms with van der Waals surface area (Å²) in [7, 11) is 2.19. The Kier molecular flexibility index (Phi) is 3.47. The zero-order chi connectivity index (χ0) is 13.1. The van der Waals surface area contributed by atoms with Gasteiger partial charge >= 0.3 is 0 Å². The molecular weight excluding hydrogens is 234 g/mol. The van der Waals surface area contributed by atoms with E-state index in [0.717, 1.165) is 11.5 Å². The van der Waals surface area contributed by atoms with Crippen molar-refractivity contribution in [2.45, 2.75) is 18.9 Å². The number of hydrogen-bond donors (Lipinski definition) is 1. The van der Waals surface area contributed by atoms with Gasteiger partial charge in [0.2, 0.25) is 0 Å². The molecule has 1 aromatic carbocycles. The molecule has 3 heteroatoms. The molecule has 3 rings (SSSR count). The van der Waals surface area contributed by atoms with Crippen LogP contribution in [0.25, 0.3) is 0 Å². The van der Waals surface area contributed by atoms with Crippen molar-refractivity contribution in [3.63, 3.8) is 0 Å². The Bertz CT molecular complexity index is 521. The average Bonchev–Trinajstić information content (AvgIpc) is 2.87. The van der Waals surface area contributed by atoms with Crippen molar-refractivity contribution < 1.29 is 0 Å². The summed E-state index contributed by atoms with van der Waals surface area (Å²) in [5.41, 5.74) is 2.39. The van der Waals surface area contributed by atoms with Gasteiger partial charge in [-0.2, -0.15) is 0 Å². The predicted molar refractivity (Wildman–Crippen MR) is 78.6 cm³/mol. The number of nitrogens with zero attached hydrogens (tertiary/aromatic N) is 2. The summed E-state index contributed by atoms with van der Waals surface area (Å²) in [6, 6.07) is 14.9. The second kappa shape index (κ2) is 5.41. The minimum atomic E-state index is 0.540. The van der Waals surface area contributed by atoms with E-state index in [1.165, 1.54) is 24.9 Å². The van der Waals surface area contributed by atoms with Crippen LogP contribution in [0, 0.1) is 0 Å². The van der Waals surface area contributed by atoms with Gasteiger partial charge in [0.1, 0.15) is 5.82 Å². The van der Waals surface area contributed by atoms with Gasteiger partial charge < -0.3 is 5.32 Å².